The lowest BCUT2D eigenvalue weighted by molar-refractivity contribution is -0.129. The molecule has 0 radical (unpaired) electrons. The Kier molecular flexibility index (Phi) is 6.84. The van der Waals surface area contributed by atoms with Gasteiger partial charge < -0.3 is 19.5 Å². The summed E-state index contributed by atoms with van der Waals surface area (Å²) in [7, 11) is 0. The fourth-order valence-electron chi connectivity index (χ4n) is 2.67. The molecule has 1 fully saturated rings. The summed E-state index contributed by atoms with van der Waals surface area (Å²) in [5.74, 6) is -0.198. The van der Waals surface area contributed by atoms with Gasteiger partial charge in [0.05, 0.1) is 18.2 Å². The van der Waals surface area contributed by atoms with E-state index in [9.17, 15) is 9.59 Å². The molecule has 1 amide bonds. The minimum atomic E-state index is -0.868. The second-order valence-corrected chi connectivity index (χ2v) is 7.35. The van der Waals surface area contributed by atoms with Crippen molar-refractivity contribution in [3.63, 3.8) is 0 Å². The van der Waals surface area contributed by atoms with Gasteiger partial charge >= 0.3 is 5.97 Å². The number of ether oxygens (including phenoxy) is 3. The van der Waals surface area contributed by atoms with Gasteiger partial charge in [0.1, 0.15) is 12.4 Å². The van der Waals surface area contributed by atoms with Crippen molar-refractivity contribution in [1.82, 2.24) is 5.32 Å². The van der Waals surface area contributed by atoms with Crippen molar-refractivity contribution in [2.75, 3.05) is 13.2 Å². The van der Waals surface area contributed by atoms with E-state index in [0.29, 0.717) is 24.5 Å². The molecule has 0 unspecified atom stereocenters. The highest BCUT2D eigenvalue weighted by Gasteiger charge is 2.19. The molecular formula is C20H23NO5S. The monoisotopic (exact) mass is 389 g/mol. The molecule has 144 valence electrons. The normalized spacial score (nSPS) is 17.3. The van der Waals surface area contributed by atoms with E-state index in [4.69, 9.17) is 14.2 Å². The summed E-state index contributed by atoms with van der Waals surface area (Å²) in [4.78, 5) is 25.3. The summed E-state index contributed by atoms with van der Waals surface area (Å²) in [5.41, 5.74) is 0.373. The Morgan fingerprint density at radius 2 is 2.11 bits per heavy atom. The summed E-state index contributed by atoms with van der Waals surface area (Å²) >= 11 is 1.56. The maximum Gasteiger partial charge on any atom is 0.338 e. The Balaban J connectivity index is 1.44. The van der Waals surface area contributed by atoms with E-state index in [1.807, 2.05) is 17.5 Å². The van der Waals surface area contributed by atoms with Crippen molar-refractivity contribution in [3.8, 4) is 5.75 Å². The third-order valence-corrected chi connectivity index (χ3v) is 5.10. The van der Waals surface area contributed by atoms with Crippen LogP contribution in [0.15, 0.2) is 41.8 Å². The average molecular weight is 389 g/mol. The summed E-state index contributed by atoms with van der Waals surface area (Å²) < 4.78 is 16.4. The Morgan fingerprint density at radius 3 is 2.78 bits per heavy atom. The van der Waals surface area contributed by atoms with E-state index in [2.05, 4.69) is 5.32 Å². The SMILES string of the molecule is C[C@H](OC(=O)c1ccc(OC[C@@H]2CCCO2)cc1)C(=O)NCc1cccs1. The summed E-state index contributed by atoms with van der Waals surface area (Å²) in [5, 5.41) is 4.70. The Labute approximate surface area is 162 Å². The second-order valence-electron chi connectivity index (χ2n) is 6.32. The van der Waals surface area contributed by atoms with Crippen LogP contribution in [-0.2, 0) is 20.8 Å². The van der Waals surface area contributed by atoms with Crippen LogP contribution in [0.5, 0.6) is 5.75 Å². The Morgan fingerprint density at radius 1 is 1.30 bits per heavy atom. The molecule has 7 heteroatoms. The number of hydrogen-bond donors (Lipinski definition) is 1. The van der Waals surface area contributed by atoms with Crippen LogP contribution >= 0.6 is 11.3 Å². The second kappa shape index (κ2) is 9.53. The molecule has 27 heavy (non-hydrogen) atoms. The largest absolute Gasteiger partial charge is 0.491 e. The maximum absolute atomic E-state index is 12.2. The zero-order valence-electron chi connectivity index (χ0n) is 15.2. The number of benzene rings is 1. The Bertz CT molecular complexity index is 738. The molecule has 0 aliphatic carbocycles. The van der Waals surface area contributed by atoms with Gasteiger partial charge in [-0.15, -0.1) is 11.3 Å². The lowest BCUT2D eigenvalue weighted by Gasteiger charge is -2.14. The molecule has 3 rings (SSSR count). The topological polar surface area (TPSA) is 73.9 Å². The highest BCUT2D eigenvalue weighted by Crippen LogP contribution is 2.17. The van der Waals surface area contributed by atoms with Crippen LogP contribution in [0.2, 0.25) is 0 Å². The number of rotatable bonds is 8. The van der Waals surface area contributed by atoms with Gasteiger partial charge in [-0.1, -0.05) is 6.07 Å². The van der Waals surface area contributed by atoms with E-state index >= 15 is 0 Å². The number of nitrogens with one attached hydrogen (secondary N) is 1. The van der Waals surface area contributed by atoms with Gasteiger partial charge in [-0.3, -0.25) is 4.79 Å². The summed E-state index contributed by atoms with van der Waals surface area (Å²) in [6.07, 6.45) is 1.35. The average Bonchev–Trinajstić information content (AvgIpc) is 3.38. The van der Waals surface area contributed by atoms with Crippen molar-refractivity contribution >= 4 is 23.2 Å². The zero-order valence-corrected chi connectivity index (χ0v) is 16.0. The zero-order chi connectivity index (χ0) is 19.1. The van der Waals surface area contributed by atoms with Gasteiger partial charge in [0.25, 0.3) is 5.91 Å². The molecule has 1 aromatic heterocycles. The Hall–Kier alpha value is -2.38. The van der Waals surface area contributed by atoms with Crippen molar-refractivity contribution in [2.45, 2.75) is 38.5 Å². The van der Waals surface area contributed by atoms with E-state index in [-0.39, 0.29) is 12.0 Å². The number of hydrogen-bond acceptors (Lipinski definition) is 6. The van der Waals surface area contributed by atoms with Crippen LogP contribution < -0.4 is 10.1 Å². The molecule has 1 aliphatic heterocycles. The summed E-state index contributed by atoms with van der Waals surface area (Å²) in [6.45, 7) is 3.28. The summed E-state index contributed by atoms with van der Waals surface area (Å²) in [6, 6.07) is 10.5. The van der Waals surface area contributed by atoms with Gasteiger partial charge in [-0.25, -0.2) is 4.79 Å². The maximum atomic E-state index is 12.2. The third kappa shape index (κ3) is 5.80. The molecular weight excluding hydrogens is 366 g/mol. The van der Waals surface area contributed by atoms with Crippen LogP contribution in [0.4, 0.5) is 0 Å². The minimum absolute atomic E-state index is 0.142. The van der Waals surface area contributed by atoms with Gasteiger partial charge in [0.2, 0.25) is 0 Å². The molecule has 2 aromatic rings. The fraction of sp³-hybridized carbons (Fsp3) is 0.400. The highest BCUT2D eigenvalue weighted by atomic mass is 32.1. The number of carbonyl (C=O) groups excluding carboxylic acids is 2. The van der Waals surface area contributed by atoms with Crippen LogP contribution in [0.1, 0.15) is 35.0 Å². The molecule has 2 heterocycles. The molecule has 1 aromatic carbocycles. The molecule has 0 spiro atoms. The van der Waals surface area contributed by atoms with Crippen LogP contribution in [0, 0.1) is 0 Å². The highest BCUT2D eigenvalue weighted by molar-refractivity contribution is 7.09. The standard InChI is InChI=1S/C20H23NO5S/c1-14(19(22)21-12-18-5-3-11-27-18)26-20(23)15-6-8-16(9-7-15)25-13-17-4-2-10-24-17/h3,5-9,11,14,17H,2,4,10,12-13H2,1H3,(H,21,22)/t14-,17-/m0/s1. The van der Waals surface area contributed by atoms with Crippen LogP contribution in [0.25, 0.3) is 0 Å². The lowest BCUT2D eigenvalue weighted by Crippen LogP contribution is -2.35. The number of thiophene rings is 1. The van der Waals surface area contributed by atoms with Gasteiger partial charge in [-0.2, -0.15) is 0 Å². The van der Waals surface area contributed by atoms with Crippen molar-refractivity contribution in [3.05, 3.63) is 52.2 Å². The predicted molar refractivity (Wildman–Crippen MR) is 102 cm³/mol. The lowest BCUT2D eigenvalue weighted by atomic mass is 10.2. The first kappa shape index (κ1) is 19.4. The first-order chi connectivity index (χ1) is 13.1. The number of amides is 1. The quantitative estimate of drug-likeness (QED) is 0.702. The molecule has 1 aliphatic rings. The smallest absolute Gasteiger partial charge is 0.338 e. The fourth-order valence-corrected chi connectivity index (χ4v) is 3.31. The molecule has 1 saturated heterocycles. The van der Waals surface area contributed by atoms with Gasteiger partial charge in [0, 0.05) is 11.5 Å². The minimum Gasteiger partial charge on any atom is -0.491 e. The first-order valence-corrected chi connectivity index (χ1v) is 9.85. The predicted octanol–water partition coefficient (Wildman–Crippen LogP) is 3.17. The van der Waals surface area contributed by atoms with Gasteiger partial charge in [-0.05, 0) is 55.5 Å². The number of esters is 1. The van der Waals surface area contributed by atoms with Crippen molar-refractivity contribution < 1.29 is 23.8 Å². The molecule has 1 N–H and O–H groups in total. The van der Waals surface area contributed by atoms with E-state index in [1.54, 1.807) is 42.5 Å². The molecule has 6 nitrogen and oxygen atoms in total. The number of carbonyl (C=O) groups is 2. The van der Waals surface area contributed by atoms with E-state index in [0.717, 1.165) is 24.3 Å². The van der Waals surface area contributed by atoms with Crippen LogP contribution in [-0.4, -0.2) is 37.3 Å². The molecule has 0 bridgehead atoms. The molecule has 2 atom stereocenters. The first-order valence-electron chi connectivity index (χ1n) is 8.97. The molecule has 0 saturated carbocycles. The van der Waals surface area contributed by atoms with Gasteiger partial charge in [0.15, 0.2) is 6.10 Å². The van der Waals surface area contributed by atoms with Crippen molar-refractivity contribution in [2.24, 2.45) is 0 Å². The van der Waals surface area contributed by atoms with E-state index < -0.39 is 12.1 Å². The van der Waals surface area contributed by atoms with E-state index in [1.165, 1.54) is 0 Å². The van der Waals surface area contributed by atoms with Crippen molar-refractivity contribution in [1.29, 1.82) is 0 Å². The van der Waals surface area contributed by atoms with Crippen LogP contribution in [0.3, 0.4) is 0 Å². The third-order valence-electron chi connectivity index (χ3n) is 4.22.